The summed E-state index contributed by atoms with van der Waals surface area (Å²) in [5, 5.41) is 12.3. The third-order valence-corrected chi connectivity index (χ3v) is 3.54. The molecule has 3 nitrogen and oxygen atoms in total. The molecule has 1 saturated carbocycles. The maximum absolute atomic E-state index is 8.92. The third-order valence-electron chi connectivity index (χ3n) is 3.54. The van der Waals surface area contributed by atoms with Crippen molar-refractivity contribution in [3.8, 4) is 0 Å². The summed E-state index contributed by atoms with van der Waals surface area (Å²) in [6.45, 7) is 3.98. The molecule has 0 bridgehead atoms. The second-order valence-corrected chi connectivity index (χ2v) is 5.08. The van der Waals surface area contributed by atoms with Crippen LogP contribution in [0.5, 0.6) is 0 Å². The number of rotatable bonds is 0. The maximum Gasteiger partial charge on any atom is 0.105 e. The van der Waals surface area contributed by atoms with Crippen LogP contribution in [0.3, 0.4) is 0 Å². The summed E-state index contributed by atoms with van der Waals surface area (Å²) in [5.41, 5.74) is 0.425. The molecule has 2 aliphatic rings. The van der Waals surface area contributed by atoms with Crippen LogP contribution in [0.1, 0.15) is 52.4 Å². The van der Waals surface area contributed by atoms with Gasteiger partial charge in [-0.3, -0.25) is 0 Å². The van der Waals surface area contributed by atoms with E-state index in [4.69, 9.17) is 9.94 Å². The molecule has 1 aliphatic heterocycles. The Balaban J connectivity index is 2.18. The van der Waals surface area contributed by atoms with Gasteiger partial charge in [-0.1, -0.05) is 24.4 Å². The summed E-state index contributed by atoms with van der Waals surface area (Å²) in [6.07, 6.45) is 6.86. The highest BCUT2D eigenvalue weighted by Crippen LogP contribution is 2.44. The summed E-state index contributed by atoms with van der Waals surface area (Å²) in [6, 6.07) is 0. The van der Waals surface area contributed by atoms with Crippen molar-refractivity contribution in [2.75, 3.05) is 0 Å². The van der Waals surface area contributed by atoms with Gasteiger partial charge in [0, 0.05) is 6.42 Å². The Morgan fingerprint density at radius 3 is 2.36 bits per heavy atom. The average molecular weight is 197 g/mol. The summed E-state index contributed by atoms with van der Waals surface area (Å²) in [5.74, 6) is 0. The van der Waals surface area contributed by atoms with Crippen molar-refractivity contribution >= 4 is 5.71 Å². The molecule has 3 heteroatoms. The molecule has 0 aromatic rings. The van der Waals surface area contributed by atoms with Crippen LogP contribution in [0.2, 0.25) is 0 Å². The van der Waals surface area contributed by atoms with E-state index in [1.165, 1.54) is 19.3 Å². The van der Waals surface area contributed by atoms with Crippen molar-refractivity contribution < 1.29 is 9.94 Å². The topological polar surface area (TPSA) is 41.8 Å². The number of hydrogen-bond acceptors (Lipinski definition) is 3. The van der Waals surface area contributed by atoms with Crippen LogP contribution >= 0.6 is 0 Å². The monoisotopic (exact) mass is 197 g/mol. The Kier molecular flexibility index (Phi) is 2.30. The predicted octanol–water partition coefficient (Wildman–Crippen LogP) is 2.72. The molecule has 1 heterocycles. The van der Waals surface area contributed by atoms with Crippen LogP contribution in [-0.4, -0.2) is 22.1 Å². The zero-order valence-electron chi connectivity index (χ0n) is 9.05. The Hall–Kier alpha value is -0.570. The molecule has 0 amide bonds. The Bertz CT molecular complexity index is 252. The smallest absolute Gasteiger partial charge is 0.105 e. The van der Waals surface area contributed by atoms with Crippen LogP contribution in [-0.2, 0) is 4.74 Å². The fourth-order valence-electron chi connectivity index (χ4n) is 2.79. The van der Waals surface area contributed by atoms with E-state index in [1.807, 2.05) is 13.8 Å². The second-order valence-electron chi connectivity index (χ2n) is 5.08. The molecule has 14 heavy (non-hydrogen) atoms. The Morgan fingerprint density at radius 1 is 1.21 bits per heavy atom. The van der Waals surface area contributed by atoms with Crippen LogP contribution in [0.25, 0.3) is 0 Å². The van der Waals surface area contributed by atoms with Gasteiger partial charge in [-0.25, -0.2) is 0 Å². The van der Waals surface area contributed by atoms with E-state index in [0.29, 0.717) is 0 Å². The zero-order valence-corrected chi connectivity index (χ0v) is 9.05. The first kappa shape index (κ1) is 9.97. The van der Waals surface area contributed by atoms with Gasteiger partial charge >= 0.3 is 0 Å². The van der Waals surface area contributed by atoms with E-state index in [2.05, 4.69) is 5.16 Å². The van der Waals surface area contributed by atoms with Gasteiger partial charge in [0.05, 0.1) is 11.3 Å². The molecule has 1 N–H and O–H groups in total. The van der Waals surface area contributed by atoms with Crippen molar-refractivity contribution in [1.29, 1.82) is 0 Å². The van der Waals surface area contributed by atoms with E-state index in [9.17, 15) is 0 Å². The van der Waals surface area contributed by atoms with Crippen molar-refractivity contribution in [2.24, 2.45) is 5.16 Å². The van der Waals surface area contributed by atoms with Gasteiger partial charge in [0.1, 0.15) is 5.60 Å². The summed E-state index contributed by atoms with van der Waals surface area (Å²) >= 11 is 0. The van der Waals surface area contributed by atoms with Gasteiger partial charge in [-0.2, -0.15) is 0 Å². The summed E-state index contributed by atoms with van der Waals surface area (Å²) < 4.78 is 6.09. The van der Waals surface area contributed by atoms with Crippen molar-refractivity contribution in [2.45, 2.75) is 63.6 Å². The average Bonchev–Trinajstić information content (AvgIpc) is 2.38. The van der Waals surface area contributed by atoms with Crippen molar-refractivity contribution in [3.05, 3.63) is 0 Å². The summed E-state index contributed by atoms with van der Waals surface area (Å²) in [7, 11) is 0. The minimum absolute atomic E-state index is 0.0106. The molecule has 2 fully saturated rings. The minimum Gasteiger partial charge on any atom is -0.411 e. The lowest BCUT2D eigenvalue weighted by molar-refractivity contribution is -0.0944. The SMILES string of the molecule is CC1(C)OC2(CCCCC2)C/C1=N/O. The maximum atomic E-state index is 8.92. The standard InChI is InChI=1S/C11H19NO2/c1-10(2)9(12-13)8-11(14-10)6-4-3-5-7-11/h13H,3-8H2,1-2H3/b12-9-. The lowest BCUT2D eigenvalue weighted by atomic mass is 9.82. The predicted molar refractivity (Wildman–Crippen MR) is 54.8 cm³/mol. The molecule has 0 unspecified atom stereocenters. The largest absolute Gasteiger partial charge is 0.411 e. The summed E-state index contributed by atoms with van der Waals surface area (Å²) in [4.78, 5) is 0. The van der Waals surface area contributed by atoms with Gasteiger partial charge in [-0.15, -0.1) is 0 Å². The lowest BCUT2D eigenvalue weighted by Crippen LogP contribution is -2.34. The first-order valence-corrected chi connectivity index (χ1v) is 5.50. The molecule has 1 saturated heterocycles. The van der Waals surface area contributed by atoms with E-state index in [-0.39, 0.29) is 11.2 Å². The molecular weight excluding hydrogens is 178 g/mol. The van der Waals surface area contributed by atoms with Crippen LogP contribution in [0.15, 0.2) is 5.16 Å². The molecular formula is C11H19NO2. The van der Waals surface area contributed by atoms with Crippen molar-refractivity contribution in [1.82, 2.24) is 0 Å². The van der Waals surface area contributed by atoms with E-state index >= 15 is 0 Å². The van der Waals surface area contributed by atoms with Gasteiger partial charge in [0.25, 0.3) is 0 Å². The molecule has 1 spiro atoms. The second kappa shape index (κ2) is 3.23. The molecule has 1 aliphatic carbocycles. The molecule has 2 rings (SSSR count). The van der Waals surface area contributed by atoms with Gasteiger partial charge in [0.15, 0.2) is 0 Å². The molecule has 80 valence electrons. The fraction of sp³-hybridized carbons (Fsp3) is 0.909. The van der Waals surface area contributed by atoms with Crippen LogP contribution < -0.4 is 0 Å². The first-order valence-electron chi connectivity index (χ1n) is 5.50. The number of oxime groups is 1. The van der Waals surface area contributed by atoms with E-state index in [0.717, 1.165) is 25.0 Å². The van der Waals surface area contributed by atoms with E-state index in [1.54, 1.807) is 0 Å². The lowest BCUT2D eigenvalue weighted by Gasteiger charge is -2.34. The van der Waals surface area contributed by atoms with Crippen LogP contribution in [0, 0.1) is 0 Å². The third kappa shape index (κ3) is 1.54. The van der Waals surface area contributed by atoms with Gasteiger partial charge in [-0.05, 0) is 26.7 Å². The van der Waals surface area contributed by atoms with Gasteiger partial charge < -0.3 is 9.94 Å². The number of ether oxygens (including phenoxy) is 1. The molecule has 0 atom stereocenters. The molecule has 0 radical (unpaired) electrons. The molecule has 0 aromatic heterocycles. The quantitative estimate of drug-likeness (QED) is 0.479. The normalized spacial score (nSPS) is 32.6. The van der Waals surface area contributed by atoms with Crippen molar-refractivity contribution in [3.63, 3.8) is 0 Å². The highest BCUT2D eigenvalue weighted by molar-refractivity contribution is 5.94. The van der Waals surface area contributed by atoms with E-state index < -0.39 is 0 Å². The highest BCUT2D eigenvalue weighted by atomic mass is 16.5. The Labute approximate surface area is 85.1 Å². The van der Waals surface area contributed by atoms with Crippen LogP contribution in [0.4, 0.5) is 0 Å². The number of hydrogen-bond donors (Lipinski definition) is 1. The first-order chi connectivity index (χ1) is 6.58. The minimum atomic E-state index is -0.369. The fourth-order valence-corrected chi connectivity index (χ4v) is 2.79. The van der Waals surface area contributed by atoms with Gasteiger partial charge in [0.2, 0.25) is 0 Å². The Morgan fingerprint density at radius 2 is 1.86 bits per heavy atom. The molecule has 0 aromatic carbocycles. The number of nitrogens with zero attached hydrogens (tertiary/aromatic N) is 1. The highest BCUT2D eigenvalue weighted by Gasteiger charge is 2.49. The zero-order chi connectivity index (χ0) is 10.2.